The normalized spacial score (nSPS) is 12.1. The highest BCUT2D eigenvalue weighted by molar-refractivity contribution is 8.00. The summed E-state index contributed by atoms with van der Waals surface area (Å²) in [6.45, 7) is 6.23. The van der Waals surface area contributed by atoms with Gasteiger partial charge in [0.05, 0.1) is 5.75 Å². The van der Waals surface area contributed by atoms with Gasteiger partial charge < -0.3 is 5.32 Å². The Labute approximate surface area is 135 Å². The molecule has 0 radical (unpaired) electrons. The third kappa shape index (κ3) is 5.56. The van der Waals surface area contributed by atoms with E-state index in [1.807, 2.05) is 0 Å². The highest BCUT2D eigenvalue weighted by Gasteiger charge is 2.09. The minimum absolute atomic E-state index is 0.0985. The zero-order valence-electron chi connectivity index (χ0n) is 12.7. The van der Waals surface area contributed by atoms with Crippen molar-refractivity contribution in [2.75, 3.05) is 5.75 Å². The van der Waals surface area contributed by atoms with Gasteiger partial charge in [-0.05, 0) is 45.0 Å². The highest BCUT2D eigenvalue weighted by Crippen LogP contribution is 2.19. The first kappa shape index (κ1) is 16.1. The van der Waals surface area contributed by atoms with Crippen LogP contribution in [-0.2, 0) is 11.2 Å². The molecule has 1 unspecified atom stereocenters. The summed E-state index contributed by atoms with van der Waals surface area (Å²) in [5, 5.41) is 3.07. The molecule has 1 amide bonds. The van der Waals surface area contributed by atoms with Crippen LogP contribution in [0.4, 0.5) is 0 Å². The van der Waals surface area contributed by atoms with E-state index in [0.29, 0.717) is 5.75 Å². The molecule has 1 atom stereocenters. The quantitative estimate of drug-likeness (QED) is 0.808. The topological polar surface area (TPSA) is 29.1 Å². The molecule has 2 aromatic rings. The van der Waals surface area contributed by atoms with Crippen molar-refractivity contribution in [2.24, 2.45) is 0 Å². The average Bonchev–Trinajstić information content (AvgIpc) is 2.83. The van der Waals surface area contributed by atoms with Gasteiger partial charge in [0.2, 0.25) is 5.91 Å². The summed E-state index contributed by atoms with van der Waals surface area (Å²) in [6.07, 6.45) is 0.902. The van der Waals surface area contributed by atoms with E-state index in [4.69, 9.17) is 0 Å². The van der Waals surface area contributed by atoms with Crippen LogP contribution in [0.5, 0.6) is 0 Å². The Morgan fingerprint density at radius 1 is 1.19 bits per heavy atom. The van der Waals surface area contributed by atoms with Gasteiger partial charge in [0.25, 0.3) is 0 Å². The standard InChI is InChI=1S/C17H21NOS2/c1-12-4-7-15(8-5-12)20-11-17(19)18-13(2)10-16-9-6-14(3)21-16/h4-9,13H,10-11H2,1-3H3,(H,18,19). The molecular formula is C17H21NOS2. The van der Waals surface area contributed by atoms with Crippen LogP contribution in [0, 0.1) is 13.8 Å². The largest absolute Gasteiger partial charge is 0.353 e. The lowest BCUT2D eigenvalue weighted by Gasteiger charge is -2.12. The number of nitrogens with one attached hydrogen (secondary N) is 1. The van der Waals surface area contributed by atoms with Gasteiger partial charge in [-0.3, -0.25) is 4.79 Å². The molecule has 0 saturated heterocycles. The molecule has 1 aromatic heterocycles. The zero-order chi connectivity index (χ0) is 15.2. The maximum atomic E-state index is 12.0. The number of rotatable bonds is 6. The molecule has 0 aliphatic carbocycles. The zero-order valence-corrected chi connectivity index (χ0v) is 14.3. The molecule has 1 aromatic carbocycles. The van der Waals surface area contributed by atoms with Gasteiger partial charge in [-0.1, -0.05) is 17.7 Å². The van der Waals surface area contributed by atoms with Crippen LogP contribution in [0.15, 0.2) is 41.3 Å². The monoisotopic (exact) mass is 319 g/mol. The predicted octanol–water partition coefficient (Wildman–Crippen LogP) is 4.20. The van der Waals surface area contributed by atoms with Crippen LogP contribution in [0.2, 0.25) is 0 Å². The predicted molar refractivity (Wildman–Crippen MR) is 92.3 cm³/mol. The summed E-state index contributed by atoms with van der Waals surface area (Å²) >= 11 is 3.38. The number of thioether (sulfide) groups is 1. The van der Waals surface area contributed by atoms with Crippen molar-refractivity contribution in [1.82, 2.24) is 5.32 Å². The Hall–Kier alpha value is -1.26. The fraction of sp³-hybridized carbons (Fsp3) is 0.353. The number of carbonyl (C=O) groups is 1. The minimum atomic E-state index is 0.0985. The molecule has 0 saturated carbocycles. The lowest BCUT2D eigenvalue weighted by atomic mass is 10.2. The average molecular weight is 319 g/mol. The van der Waals surface area contributed by atoms with Crippen molar-refractivity contribution in [3.63, 3.8) is 0 Å². The van der Waals surface area contributed by atoms with Gasteiger partial charge in [0, 0.05) is 27.1 Å². The Kier molecular flexibility index (Phi) is 5.88. The van der Waals surface area contributed by atoms with Crippen molar-refractivity contribution in [2.45, 2.75) is 38.1 Å². The Balaban J connectivity index is 1.74. The summed E-state index contributed by atoms with van der Waals surface area (Å²) in [4.78, 5) is 15.7. The SMILES string of the molecule is Cc1ccc(SCC(=O)NC(C)Cc2ccc(C)s2)cc1. The molecule has 1 N–H and O–H groups in total. The molecule has 0 bridgehead atoms. The summed E-state index contributed by atoms with van der Waals surface area (Å²) in [7, 11) is 0. The van der Waals surface area contributed by atoms with E-state index in [-0.39, 0.29) is 11.9 Å². The lowest BCUT2D eigenvalue weighted by molar-refractivity contribution is -0.119. The third-order valence-corrected chi connectivity index (χ3v) is 5.14. The van der Waals surface area contributed by atoms with Crippen molar-refractivity contribution in [1.29, 1.82) is 0 Å². The molecule has 112 valence electrons. The third-order valence-electron chi connectivity index (χ3n) is 3.10. The van der Waals surface area contributed by atoms with E-state index < -0.39 is 0 Å². The first-order valence-corrected chi connectivity index (χ1v) is 8.87. The van der Waals surface area contributed by atoms with Gasteiger partial charge >= 0.3 is 0 Å². The molecule has 21 heavy (non-hydrogen) atoms. The van der Waals surface area contributed by atoms with Crippen LogP contribution in [0.1, 0.15) is 22.2 Å². The van der Waals surface area contributed by atoms with Crippen LogP contribution in [0.25, 0.3) is 0 Å². The molecule has 4 heteroatoms. The number of thiophene rings is 1. The Bertz CT molecular complexity index is 589. The number of aryl methyl sites for hydroxylation is 2. The minimum Gasteiger partial charge on any atom is -0.353 e. The Morgan fingerprint density at radius 3 is 2.52 bits per heavy atom. The summed E-state index contributed by atoms with van der Waals surface area (Å²) < 4.78 is 0. The van der Waals surface area contributed by atoms with Crippen molar-refractivity contribution in [3.8, 4) is 0 Å². The number of benzene rings is 1. The van der Waals surface area contributed by atoms with Gasteiger partial charge in [0.1, 0.15) is 0 Å². The van der Waals surface area contributed by atoms with E-state index in [0.717, 1.165) is 11.3 Å². The Morgan fingerprint density at radius 2 is 1.90 bits per heavy atom. The van der Waals surface area contributed by atoms with Crippen LogP contribution < -0.4 is 5.32 Å². The number of hydrogen-bond acceptors (Lipinski definition) is 3. The van der Waals surface area contributed by atoms with Gasteiger partial charge in [-0.2, -0.15) is 0 Å². The van der Waals surface area contributed by atoms with Gasteiger partial charge in [0.15, 0.2) is 0 Å². The fourth-order valence-electron chi connectivity index (χ4n) is 2.05. The molecular weight excluding hydrogens is 298 g/mol. The first-order valence-electron chi connectivity index (χ1n) is 7.07. The second-order valence-corrected chi connectivity index (χ2v) is 7.71. The maximum Gasteiger partial charge on any atom is 0.230 e. The summed E-state index contributed by atoms with van der Waals surface area (Å²) in [6, 6.07) is 12.7. The number of carbonyl (C=O) groups excluding carboxylic acids is 1. The fourth-order valence-corrected chi connectivity index (χ4v) is 3.78. The van der Waals surface area contributed by atoms with Crippen LogP contribution >= 0.6 is 23.1 Å². The second-order valence-electron chi connectivity index (χ2n) is 5.29. The highest BCUT2D eigenvalue weighted by atomic mass is 32.2. The number of hydrogen-bond donors (Lipinski definition) is 1. The molecule has 2 nitrogen and oxygen atoms in total. The van der Waals surface area contributed by atoms with Gasteiger partial charge in [-0.25, -0.2) is 0 Å². The first-order chi connectivity index (χ1) is 10.0. The molecule has 0 spiro atoms. The van der Waals surface area contributed by atoms with Gasteiger partial charge in [-0.15, -0.1) is 23.1 Å². The smallest absolute Gasteiger partial charge is 0.230 e. The van der Waals surface area contributed by atoms with E-state index in [2.05, 4.69) is 62.5 Å². The van der Waals surface area contributed by atoms with Crippen LogP contribution in [0.3, 0.4) is 0 Å². The molecule has 2 rings (SSSR count). The molecule has 0 fully saturated rings. The van der Waals surface area contributed by atoms with E-state index in [9.17, 15) is 4.79 Å². The van der Waals surface area contributed by atoms with Crippen molar-refractivity contribution >= 4 is 29.0 Å². The molecule has 0 aliphatic rings. The van der Waals surface area contributed by atoms with Crippen LogP contribution in [-0.4, -0.2) is 17.7 Å². The molecule has 0 aliphatic heterocycles. The van der Waals surface area contributed by atoms with E-state index >= 15 is 0 Å². The lowest BCUT2D eigenvalue weighted by Crippen LogP contribution is -2.35. The van der Waals surface area contributed by atoms with Crippen molar-refractivity contribution < 1.29 is 4.79 Å². The summed E-state index contributed by atoms with van der Waals surface area (Å²) in [5.74, 6) is 0.568. The second kappa shape index (κ2) is 7.66. The number of amides is 1. The van der Waals surface area contributed by atoms with E-state index in [1.54, 1.807) is 23.1 Å². The van der Waals surface area contributed by atoms with Crippen molar-refractivity contribution in [3.05, 3.63) is 51.7 Å². The summed E-state index contributed by atoms with van der Waals surface area (Å²) in [5.41, 5.74) is 1.24. The molecule has 1 heterocycles. The van der Waals surface area contributed by atoms with E-state index in [1.165, 1.54) is 15.3 Å². The maximum absolute atomic E-state index is 12.0.